The second-order valence-corrected chi connectivity index (χ2v) is 4.61. The predicted molar refractivity (Wildman–Crippen MR) is 66.4 cm³/mol. The number of nitriles is 1. The van der Waals surface area contributed by atoms with E-state index in [0.29, 0.717) is 17.3 Å². The van der Waals surface area contributed by atoms with Crippen molar-refractivity contribution in [3.05, 3.63) is 39.3 Å². The van der Waals surface area contributed by atoms with Gasteiger partial charge in [-0.05, 0) is 18.4 Å². The number of aromatic nitrogens is 4. The van der Waals surface area contributed by atoms with E-state index in [-0.39, 0.29) is 5.56 Å². The van der Waals surface area contributed by atoms with Crippen LogP contribution >= 0.6 is 11.3 Å². The third-order valence-corrected chi connectivity index (χ3v) is 3.47. The Balaban J connectivity index is 2.48. The van der Waals surface area contributed by atoms with Crippen LogP contribution in [-0.4, -0.2) is 19.6 Å². The molecule has 1 N–H and O–H groups in total. The Morgan fingerprint density at radius 1 is 1.56 bits per heavy atom. The van der Waals surface area contributed by atoms with Gasteiger partial charge in [-0.3, -0.25) is 4.79 Å². The smallest absolute Gasteiger partial charge is 0.267 e. The molecule has 88 valence electrons. The van der Waals surface area contributed by atoms with E-state index in [1.54, 1.807) is 6.92 Å². The second-order valence-electron chi connectivity index (χ2n) is 3.66. The van der Waals surface area contributed by atoms with Gasteiger partial charge in [0.25, 0.3) is 5.56 Å². The van der Waals surface area contributed by atoms with E-state index < -0.39 is 5.56 Å². The summed E-state index contributed by atoms with van der Waals surface area (Å²) in [4.78, 5) is 17.3. The molecule has 0 spiro atoms. The Morgan fingerprint density at radius 2 is 2.39 bits per heavy atom. The molecular formula is C11H7N5OS. The molecule has 0 aromatic carbocycles. The summed E-state index contributed by atoms with van der Waals surface area (Å²) in [6.45, 7) is 1.68. The van der Waals surface area contributed by atoms with Crippen molar-refractivity contribution in [2.24, 2.45) is 0 Å². The first kappa shape index (κ1) is 10.7. The van der Waals surface area contributed by atoms with Gasteiger partial charge in [-0.1, -0.05) is 6.07 Å². The molecule has 0 saturated heterocycles. The summed E-state index contributed by atoms with van der Waals surface area (Å²) in [7, 11) is 0. The molecule has 3 aromatic heterocycles. The van der Waals surface area contributed by atoms with Gasteiger partial charge in [0, 0.05) is 0 Å². The van der Waals surface area contributed by atoms with E-state index >= 15 is 0 Å². The first-order valence-corrected chi connectivity index (χ1v) is 6.02. The Bertz CT molecular complexity index is 822. The molecule has 18 heavy (non-hydrogen) atoms. The summed E-state index contributed by atoms with van der Waals surface area (Å²) < 4.78 is 1.30. The van der Waals surface area contributed by atoms with E-state index in [4.69, 9.17) is 5.26 Å². The van der Waals surface area contributed by atoms with Crippen LogP contribution in [-0.2, 0) is 0 Å². The third-order valence-electron chi connectivity index (χ3n) is 2.59. The zero-order valence-corrected chi connectivity index (χ0v) is 10.2. The van der Waals surface area contributed by atoms with Crippen LogP contribution in [0.15, 0.2) is 22.3 Å². The SMILES string of the molecule is Cc1n[nH]c2nc(-c3cccs3)c(C#N)c(=O)n12. The fourth-order valence-electron chi connectivity index (χ4n) is 1.77. The second kappa shape index (κ2) is 3.78. The molecule has 0 bridgehead atoms. The van der Waals surface area contributed by atoms with Gasteiger partial charge in [0.15, 0.2) is 0 Å². The number of aryl methyl sites for hydroxylation is 1. The summed E-state index contributed by atoms with van der Waals surface area (Å²) in [5, 5.41) is 17.6. The molecule has 0 unspecified atom stereocenters. The lowest BCUT2D eigenvalue weighted by molar-refractivity contribution is 0.971. The fourth-order valence-corrected chi connectivity index (χ4v) is 2.49. The highest BCUT2D eigenvalue weighted by Gasteiger charge is 2.17. The van der Waals surface area contributed by atoms with E-state index in [1.807, 2.05) is 23.6 Å². The summed E-state index contributed by atoms with van der Waals surface area (Å²) in [5.41, 5.74) is 0.0535. The molecular weight excluding hydrogens is 250 g/mol. The van der Waals surface area contributed by atoms with Crippen molar-refractivity contribution in [3.8, 4) is 16.6 Å². The molecule has 0 aliphatic rings. The standard InChI is InChI=1S/C11H7N5OS/c1-6-14-15-11-13-9(8-3-2-4-18-8)7(5-12)10(17)16(6)11/h2-4H,1H3,(H,13,15). The Labute approximate surface area is 105 Å². The van der Waals surface area contributed by atoms with Crippen molar-refractivity contribution in [2.45, 2.75) is 6.92 Å². The highest BCUT2D eigenvalue weighted by molar-refractivity contribution is 7.13. The van der Waals surface area contributed by atoms with Crippen molar-refractivity contribution in [2.75, 3.05) is 0 Å². The molecule has 0 aliphatic carbocycles. The lowest BCUT2D eigenvalue weighted by atomic mass is 10.2. The van der Waals surface area contributed by atoms with Gasteiger partial charge in [0.2, 0.25) is 5.78 Å². The van der Waals surface area contributed by atoms with Crippen molar-refractivity contribution in [3.63, 3.8) is 0 Å². The van der Waals surface area contributed by atoms with Crippen LogP contribution in [0.5, 0.6) is 0 Å². The number of hydrogen-bond acceptors (Lipinski definition) is 5. The number of nitrogens with one attached hydrogen (secondary N) is 1. The lowest BCUT2D eigenvalue weighted by Gasteiger charge is -2.00. The van der Waals surface area contributed by atoms with E-state index in [0.717, 1.165) is 4.88 Å². The van der Waals surface area contributed by atoms with E-state index in [2.05, 4.69) is 15.2 Å². The average molecular weight is 257 g/mol. The minimum atomic E-state index is -0.392. The molecule has 3 heterocycles. The normalized spacial score (nSPS) is 10.7. The molecule has 0 radical (unpaired) electrons. The number of fused-ring (bicyclic) bond motifs is 1. The van der Waals surface area contributed by atoms with Crippen LogP contribution in [0.4, 0.5) is 0 Å². The van der Waals surface area contributed by atoms with Crippen molar-refractivity contribution >= 4 is 17.1 Å². The number of hydrogen-bond donors (Lipinski definition) is 1. The Kier molecular flexibility index (Phi) is 2.25. The number of aromatic amines is 1. The predicted octanol–water partition coefficient (Wildman–Crippen LogP) is 1.33. The van der Waals surface area contributed by atoms with Gasteiger partial charge < -0.3 is 0 Å². The molecule has 0 aliphatic heterocycles. The number of rotatable bonds is 1. The van der Waals surface area contributed by atoms with Crippen molar-refractivity contribution in [1.29, 1.82) is 5.26 Å². The Morgan fingerprint density at radius 3 is 3.06 bits per heavy atom. The topological polar surface area (TPSA) is 86.8 Å². The average Bonchev–Trinajstić information content (AvgIpc) is 2.99. The van der Waals surface area contributed by atoms with Crippen molar-refractivity contribution in [1.82, 2.24) is 19.6 Å². The zero-order chi connectivity index (χ0) is 12.7. The zero-order valence-electron chi connectivity index (χ0n) is 9.34. The number of nitrogens with zero attached hydrogens (tertiary/aromatic N) is 4. The first-order valence-electron chi connectivity index (χ1n) is 5.14. The van der Waals surface area contributed by atoms with E-state index in [9.17, 15) is 4.79 Å². The van der Waals surface area contributed by atoms with Crippen LogP contribution in [0.25, 0.3) is 16.3 Å². The minimum Gasteiger partial charge on any atom is -0.267 e. The summed E-state index contributed by atoms with van der Waals surface area (Å²) in [6.07, 6.45) is 0. The monoisotopic (exact) mass is 257 g/mol. The van der Waals surface area contributed by atoms with Gasteiger partial charge in [0.05, 0.1) is 4.88 Å². The number of thiophene rings is 1. The first-order chi connectivity index (χ1) is 8.72. The maximum Gasteiger partial charge on any atom is 0.279 e. The fraction of sp³-hybridized carbons (Fsp3) is 0.0909. The van der Waals surface area contributed by atoms with Gasteiger partial charge in [0.1, 0.15) is 23.2 Å². The molecule has 0 saturated carbocycles. The quantitative estimate of drug-likeness (QED) is 0.712. The maximum atomic E-state index is 12.2. The molecule has 6 nitrogen and oxygen atoms in total. The molecule has 0 amide bonds. The summed E-state index contributed by atoms with van der Waals surface area (Å²) >= 11 is 1.43. The summed E-state index contributed by atoms with van der Waals surface area (Å²) in [5.74, 6) is 0.830. The van der Waals surface area contributed by atoms with Gasteiger partial charge >= 0.3 is 0 Å². The van der Waals surface area contributed by atoms with Crippen LogP contribution < -0.4 is 5.56 Å². The summed E-state index contributed by atoms with van der Waals surface area (Å²) in [6, 6.07) is 5.61. The molecule has 7 heteroatoms. The largest absolute Gasteiger partial charge is 0.279 e. The highest BCUT2D eigenvalue weighted by Crippen LogP contribution is 2.24. The highest BCUT2D eigenvalue weighted by atomic mass is 32.1. The minimum absolute atomic E-state index is 0.0412. The van der Waals surface area contributed by atoms with Crippen molar-refractivity contribution < 1.29 is 0 Å². The van der Waals surface area contributed by atoms with Crippen LogP contribution in [0.3, 0.4) is 0 Å². The molecule has 3 aromatic rings. The van der Waals surface area contributed by atoms with Crippen LogP contribution in [0.1, 0.15) is 11.4 Å². The van der Waals surface area contributed by atoms with Crippen LogP contribution in [0, 0.1) is 18.3 Å². The maximum absolute atomic E-state index is 12.2. The molecule has 3 rings (SSSR count). The van der Waals surface area contributed by atoms with Gasteiger partial charge in [-0.25, -0.2) is 14.5 Å². The van der Waals surface area contributed by atoms with Gasteiger partial charge in [-0.15, -0.1) is 11.3 Å². The molecule has 0 fully saturated rings. The molecule has 0 atom stereocenters. The van der Waals surface area contributed by atoms with E-state index in [1.165, 1.54) is 15.7 Å². The van der Waals surface area contributed by atoms with Gasteiger partial charge in [-0.2, -0.15) is 10.4 Å². The third kappa shape index (κ3) is 1.36. The Hall–Kier alpha value is -2.46. The lowest BCUT2D eigenvalue weighted by Crippen LogP contribution is -2.19. The van der Waals surface area contributed by atoms with Crippen LogP contribution in [0.2, 0.25) is 0 Å². The number of H-pyrrole nitrogens is 1.